The molecule has 0 aromatic rings. The summed E-state index contributed by atoms with van der Waals surface area (Å²) >= 11 is 5.20. The lowest BCUT2D eigenvalue weighted by Crippen LogP contribution is -2.20. The van der Waals surface area contributed by atoms with Gasteiger partial charge in [-0.3, -0.25) is 4.79 Å². The van der Waals surface area contributed by atoms with E-state index in [1.54, 1.807) is 0 Å². The predicted molar refractivity (Wildman–Crippen MR) is 33.3 cm³/mol. The summed E-state index contributed by atoms with van der Waals surface area (Å²) < 4.78 is 0. The highest BCUT2D eigenvalue weighted by Crippen LogP contribution is 1.75. The normalized spacial score (nSPS) is 7.67. The number of halogens is 1. The number of carbonyl (C=O) groups is 1. The summed E-state index contributed by atoms with van der Waals surface area (Å²) in [7, 11) is 0. The van der Waals surface area contributed by atoms with Gasteiger partial charge in [-0.1, -0.05) is 0 Å². The molecule has 0 fully saturated rings. The summed E-state index contributed by atoms with van der Waals surface area (Å²) in [4.78, 5) is 12.5. The number of alkyl halides is 1. The van der Waals surface area contributed by atoms with Crippen LogP contribution in [0.1, 0.15) is 0 Å². The third-order valence-corrected chi connectivity index (χ3v) is 0.695. The van der Waals surface area contributed by atoms with Gasteiger partial charge in [0.05, 0.1) is 0 Å². The zero-order valence-corrected chi connectivity index (χ0v) is 5.30. The summed E-state index contributed by atoms with van der Waals surface area (Å²) in [6.45, 7) is 0.319. The maximum atomic E-state index is 10.2. The highest BCUT2D eigenvalue weighted by atomic mass is 35.5. The Hall–Kier alpha value is -0.930. The summed E-state index contributed by atoms with van der Waals surface area (Å²) in [6, 6.07) is -0.696. The fraction of sp³-hybridized carbons (Fsp3) is 0.667. The molecule has 0 saturated heterocycles. The van der Waals surface area contributed by atoms with Crippen molar-refractivity contribution in [2.24, 2.45) is 5.11 Å². The average molecular weight is 149 g/mol. The maximum absolute atomic E-state index is 10.2. The van der Waals surface area contributed by atoms with Gasteiger partial charge in [0.15, 0.2) is 0 Å². The van der Waals surface area contributed by atoms with Crippen LogP contribution in [0.25, 0.3) is 10.4 Å². The molecule has 0 saturated carbocycles. The van der Waals surface area contributed by atoms with Gasteiger partial charge in [-0.2, -0.15) is 0 Å². The molecular weight excluding hydrogens is 144 g/mol. The van der Waals surface area contributed by atoms with E-state index in [-0.39, 0.29) is 0 Å². The first-order valence-electron chi connectivity index (χ1n) is 2.20. The number of hydrogen-bond acceptors (Lipinski definition) is 1. The number of nitrogens with one attached hydrogen (secondary N) is 1. The van der Waals surface area contributed by atoms with Crippen molar-refractivity contribution in [2.45, 2.75) is 0 Å². The Morgan fingerprint density at radius 2 is 2.56 bits per heavy atom. The monoisotopic (exact) mass is 148 g/mol. The lowest BCUT2D eigenvalue weighted by Gasteiger charge is -1.92. The molecule has 0 aromatic carbocycles. The van der Waals surface area contributed by atoms with Crippen LogP contribution in [0.15, 0.2) is 5.11 Å². The predicted octanol–water partition coefficient (Wildman–Crippen LogP) is 1.25. The second-order valence-corrected chi connectivity index (χ2v) is 1.49. The molecule has 0 heterocycles. The van der Waals surface area contributed by atoms with Crippen LogP contribution < -0.4 is 5.32 Å². The second kappa shape index (κ2) is 5.21. The van der Waals surface area contributed by atoms with Crippen LogP contribution >= 0.6 is 11.6 Å². The van der Waals surface area contributed by atoms with Crippen molar-refractivity contribution in [3.8, 4) is 0 Å². The minimum atomic E-state index is -0.696. The lowest BCUT2D eigenvalue weighted by molar-refractivity contribution is 0.249. The van der Waals surface area contributed by atoms with Gasteiger partial charge in [0.1, 0.15) is 0 Å². The highest BCUT2D eigenvalue weighted by Gasteiger charge is 1.90. The molecule has 0 unspecified atom stereocenters. The topological polar surface area (TPSA) is 77.9 Å². The molecule has 0 atom stereocenters. The van der Waals surface area contributed by atoms with Crippen molar-refractivity contribution in [3.63, 3.8) is 0 Å². The Labute approximate surface area is 56.6 Å². The molecule has 0 aliphatic carbocycles. The molecule has 2 amide bonds. The van der Waals surface area contributed by atoms with Gasteiger partial charge in [0.2, 0.25) is 0 Å². The zero-order chi connectivity index (χ0) is 7.11. The molecule has 9 heavy (non-hydrogen) atoms. The van der Waals surface area contributed by atoms with E-state index in [4.69, 9.17) is 17.1 Å². The van der Waals surface area contributed by atoms with Crippen molar-refractivity contribution in [1.82, 2.24) is 5.32 Å². The smallest absolute Gasteiger partial charge is 0.308 e. The first kappa shape index (κ1) is 8.07. The Morgan fingerprint density at radius 3 is 3.00 bits per heavy atom. The molecule has 0 radical (unpaired) electrons. The molecule has 0 bridgehead atoms. The maximum Gasteiger partial charge on any atom is 0.308 e. The van der Waals surface area contributed by atoms with Crippen LogP contribution in [0.3, 0.4) is 0 Å². The van der Waals surface area contributed by atoms with E-state index in [0.29, 0.717) is 12.4 Å². The van der Waals surface area contributed by atoms with Gasteiger partial charge in [0, 0.05) is 22.5 Å². The summed E-state index contributed by atoms with van der Waals surface area (Å²) in [6.07, 6.45) is 0. The first-order valence-corrected chi connectivity index (χ1v) is 2.73. The van der Waals surface area contributed by atoms with Crippen LogP contribution in [-0.2, 0) is 0 Å². The minimum absolute atomic E-state index is 0.312. The summed E-state index contributed by atoms with van der Waals surface area (Å²) in [5, 5.41) is 4.98. The lowest BCUT2D eigenvalue weighted by atomic mass is 10.7. The van der Waals surface area contributed by atoms with Gasteiger partial charge >= 0.3 is 6.03 Å². The Balaban J connectivity index is 3.39. The van der Waals surface area contributed by atoms with E-state index < -0.39 is 6.03 Å². The Bertz CT molecular complexity index is 141. The van der Waals surface area contributed by atoms with Crippen LogP contribution in [0.4, 0.5) is 4.79 Å². The van der Waals surface area contributed by atoms with Crippen LogP contribution in [-0.4, -0.2) is 18.5 Å². The molecule has 6 heteroatoms. The Kier molecular flexibility index (Phi) is 4.67. The van der Waals surface area contributed by atoms with Gasteiger partial charge in [0.25, 0.3) is 0 Å². The van der Waals surface area contributed by atoms with Crippen LogP contribution in [0, 0.1) is 0 Å². The molecule has 50 valence electrons. The standard InChI is InChI=1S/C3H5ClN4O/c4-1-2-6-3(9)7-8-5/h1-2H2,(H,6,9). The average Bonchev–Trinajstić information content (AvgIpc) is 1.85. The van der Waals surface area contributed by atoms with Gasteiger partial charge in [-0.15, -0.1) is 11.6 Å². The number of carbonyl (C=O) groups excluding carboxylic acids is 1. The van der Waals surface area contributed by atoms with Crippen molar-refractivity contribution in [3.05, 3.63) is 10.4 Å². The largest absolute Gasteiger partial charge is 0.349 e. The minimum Gasteiger partial charge on any atom is -0.349 e. The van der Waals surface area contributed by atoms with E-state index >= 15 is 0 Å². The quantitative estimate of drug-likeness (QED) is 0.272. The zero-order valence-electron chi connectivity index (χ0n) is 4.54. The van der Waals surface area contributed by atoms with Gasteiger partial charge < -0.3 is 5.32 Å². The number of nitrogens with zero attached hydrogens (tertiary/aromatic N) is 3. The van der Waals surface area contributed by atoms with E-state index in [9.17, 15) is 4.79 Å². The van der Waals surface area contributed by atoms with Crippen molar-refractivity contribution < 1.29 is 4.79 Å². The fourth-order valence-corrected chi connectivity index (χ4v) is 0.325. The number of hydrogen-bond donors (Lipinski definition) is 1. The summed E-state index contributed by atoms with van der Waals surface area (Å²) in [5.41, 5.74) is 7.70. The van der Waals surface area contributed by atoms with E-state index in [2.05, 4.69) is 15.3 Å². The fourth-order valence-electron chi connectivity index (χ4n) is 0.230. The van der Waals surface area contributed by atoms with Crippen molar-refractivity contribution in [1.29, 1.82) is 0 Å². The van der Waals surface area contributed by atoms with Gasteiger partial charge in [-0.05, 0) is 5.53 Å². The van der Waals surface area contributed by atoms with Crippen LogP contribution in [0.5, 0.6) is 0 Å². The van der Waals surface area contributed by atoms with Crippen LogP contribution in [0.2, 0.25) is 0 Å². The Morgan fingerprint density at radius 1 is 1.89 bits per heavy atom. The van der Waals surface area contributed by atoms with Crippen molar-refractivity contribution in [2.75, 3.05) is 12.4 Å². The molecule has 0 rings (SSSR count). The third-order valence-electron chi connectivity index (χ3n) is 0.506. The first-order chi connectivity index (χ1) is 4.31. The number of urea groups is 1. The number of amides is 2. The second-order valence-electron chi connectivity index (χ2n) is 1.11. The molecule has 1 N–H and O–H groups in total. The molecule has 0 aromatic heterocycles. The number of rotatable bonds is 2. The molecular formula is C3H5ClN4O. The van der Waals surface area contributed by atoms with E-state index in [1.807, 2.05) is 0 Å². The highest BCUT2D eigenvalue weighted by molar-refractivity contribution is 6.18. The van der Waals surface area contributed by atoms with Gasteiger partial charge in [-0.25, -0.2) is 0 Å². The summed E-state index contributed by atoms with van der Waals surface area (Å²) in [5.74, 6) is 0.312. The molecule has 5 nitrogen and oxygen atoms in total. The van der Waals surface area contributed by atoms with E-state index in [0.717, 1.165) is 0 Å². The molecule has 0 spiro atoms. The molecule has 0 aliphatic rings. The third kappa shape index (κ3) is 4.93. The SMILES string of the molecule is [N-]=[N+]=NC(=O)NCCCl. The van der Waals surface area contributed by atoms with E-state index in [1.165, 1.54) is 0 Å². The number of azide groups is 1. The van der Waals surface area contributed by atoms with Crippen molar-refractivity contribution >= 4 is 17.6 Å². The molecule has 0 aliphatic heterocycles.